The number of nitrogens with zero attached hydrogens (tertiary/aromatic N) is 1. The van der Waals surface area contributed by atoms with E-state index in [0.717, 1.165) is 25.3 Å². The highest BCUT2D eigenvalue weighted by atomic mass is 32.2. The average molecular weight is 255 g/mol. The normalized spacial score (nSPS) is 21.8. The number of thiophene rings is 1. The van der Waals surface area contributed by atoms with Crippen molar-refractivity contribution in [3.05, 3.63) is 22.4 Å². The summed E-state index contributed by atoms with van der Waals surface area (Å²) in [7, 11) is 0. The number of amides is 1. The van der Waals surface area contributed by atoms with Crippen LogP contribution in [-0.4, -0.2) is 29.6 Å². The fourth-order valence-electron chi connectivity index (χ4n) is 1.95. The molecule has 0 N–H and O–H groups in total. The Balaban J connectivity index is 1.96. The fraction of sp³-hybridized carbons (Fsp3) is 0.583. The van der Waals surface area contributed by atoms with E-state index in [2.05, 4.69) is 17.5 Å². The molecular formula is C12H17NOS2. The van der Waals surface area contributed by atoms with Crippen LogP contribution < -0.4 is 0 Å². The third kappa shape index (κ3) is 2.80. The van der Waals surface area contributed by atoms with Crippen LogP contribution in [0.2, 0.25) is 0 Å². The van der Waals surface area contributed by atoms with Crippen molar-refractivity contribution < 1.29 is 4.79 Å². The van der Waals surface area contributed by atoms with Gasteiger partial charge < -0.3 is 4.90 Å². The zero-order valence-corrected chi connectivity index (χ0v) is 11.1. The molecule has 2 rings (SSSR count). The quantitative estimate of drug-likeness (QED) is 0.809. The molecule has 4 heteroatoms. The molecule has 1 aromatic heterocycles. The van der Waals surface area contributed by atoms with Crippen LogP contribution in [0.1, 0.15) is 29.9 Å². The van der Waals surface area contributed by atoms with Crippen molar-refractivity contribution in [2.45, 2.75) is 25.0 Å². The summed E-state index contributed by atoms with van der Waals surface area (Å²) in [6, 6.07) is 4.32. The van der Waals surface area contributed by atoms with Gasteiger partial charge in [0.05, 0.1) is 0 Å². The minimum atomic E-state index is 0.299. The van der Waals surface area contributed by atoms with Crippen LogP contribution in [0.4, 0.5) is 0 Å². The lowest BCUT2D eigenvalue weighted by molar-refractivity contribution is -0.130. The van der Waals surface area contributed by atoms with Crippen LogP contribution in [-0.2, 0) is 4.79 Å². The van der Waals surface area contributed by atoms with Gasteiger partial charge in [0.1, 0.15) is 0 Å². The number of rotatable bonds is 2. The highest BCUT2D eigenvalue weighted by Gasteiger charge is 2.21. The predicted octanol–water partition coefficient (Wildman–Crippen LogP) is 3.16. The van der Waals surface area contributed by atoms with Gasteiger partial charge in [-0.15, -0.1) is 11.3 Å². The summed E-state index contributed by atoms with van der Waals surface area (Å²) in [5, 5.41) is 2.73. The van der Waals surface area contributed by atoms with Gasteiger partial charge in [-0.1, -0.05) is 13.0 Å². The summed E-state index contributed by atoms with van der Waals surface area (Å²) in [6.07, 6.45) is 1.73. The Kier molecular flexibility index (Phi) is 4.29. The molecule has 88 valence electrons. The van der Waals surface area contributed by atoms with Crippen LogP contribution in [0.5, 0.6) is 0 Å². The zero-order valence-electron chi connectivity index (χ0n) is 9.52. The highest BCUT2D eigenvalue weighted by molar-refractivity contribution is 7.99. The molecule has 1 saturated heterocycles. The Morgan fingerprint density at radius 1 is 1.56 bits per heavy atom. The predicted molar refractivity (Wildman–Crippen MR) is 71.0 cm³/mol. The smallest absolute Gasteiger partial charge is 0.222 e. The number of hydrogen-bond donors (Lipinski definition) is 0. The Bertz CT molecular complexity index is 337. The Hall–Kier alpha value is -0.480. The molecule has 0 saturated carbocycles. The molecule has 0 aliphatic carbocycles. The van der Waals surface area contributed by atoms with Gasteiger partial charge in [0.25, 0.3) is 0 Å². The van der Waals surface area contributed by atoms with E-state index in [9.17, 15) is 4.79 Å². The molecule has 1 aliphatic rings. The van der Waals surface area contributed by atoms with E-state index in [1.54, 1.807) is 0 Å². The van der Waals surface area contributed by atoms with Gasteiger partial charge in [0.2, 0.25) is 5.91 Å². The van der Waals surface area contributed by atoms with E-state index < -0.39 is 0 Å². The first kappa shape index (κ1) is 12.0. The van der Waals surface area contributed by atoms with Gasteiger partial charge in [-0.3, -0.25) is 4.79 Å². The largest absolute Gasteiger partial charge is 0.342 e. The third-order valence-electron chi connectivity index (χ3n) is 2.86. The first-order valence-corrected chi connectivity index (χ1v) is 7.67. The van der Waals surface area contributed by atoms with Crippen molar-refractivity contribution in [1.29, 1.82) is 0 Å². The average Bonchev–Trinajstić information content (AvgIpc) is 2.73. The lowest BCUT2D eigenvalue weighted by Crippen LogP contribution is -2.32. The van der Waals surface area contributed by atoms with Crippen LogP contribution in [0.3, 0.4) is 0 Å². The molecule has 1 atom stereocenters. The van der Waals surface area contributed by atoms with Crippen molar-refractivity contribution in [2.24, 2.45) is 0 Å². The maximum absolute atomic E-state index is 11.6. The second kappa shape index (κ2) is 5.73. The first-order valence-electron chi connectivity index (χ1n) is 5.74. The molecule has 1 unspecified atom stereocenters. The molecule has 1 fully saturated rings. The standard InChI is InChI=1S/C12H17NOS2/c1-2-12(14)13-6-5-11(16-9-7-13)10-4-3-8-15-10/h3-4,8,11H,2,5-7,9H2,1H3. The molecule has 16 heavy (non-hydrogen) atoms. The lowest BCUT2D eigenvalue weighted by Gasteiger charge is -2.19. The van der Waals surface area contributed by atoms with Gasteiger partial charge in [-0.05, 0) is 17.9 Å². The fourth-order valence-corrected chi connectivity index (χ4v) is 4.18. The summed E-state index contributed by atoms with van der Waals surface area (Å²) >= 11 is 3.82. The highest BCUT2D eigenvalue weighted by Crippen LogP contribution is 2.36. The molecule has 0 aromatic carbocycles. The van der Waals surface area contributed by atoms with E-state index >= 15 is 0 Å². The van der Waals surface area contributed by atoms with E-state index in [0.29, 0.717) is 17.6 Å². The summed E-state index contributed by atoms with van der Waals surface area (Å²) in [5.41, 5.74) is 0. The number of carbonyl (C=O) groups excluding carboxylic acids is 1. The zero-order chi connectivity index (χ0) is 11.4. The third-order valence-corrected chi connectivity index (χ3v) is 5.30. The maximum atomic E-state index is 11.6. The molecule has 1 aromatic rings. The van der Waals surface area contributed by atoms with Crippen molar-refractivity contribution in [3.63, 3.8) is 0 Å². The molecule has 0 radical (unpaired) electrons. The molecule has 2 nitrogen and oxygen atoms in total. The van der Waals surface area contributed by atoms with Crippen molar-refractivity contribution >= 4 is 29.0 Å². The minimum absolute atomic E-state index is 0.299. The minimum Gasteiger partial charge on any atom is -0.342 e. The topological polar surface area (TPSA) is 20.3 Å². The van der Waals surface area contributed by atoms with Gasteiger partial charge in [0, 0.05) is 35.4 Å². The van der Waals surface area contributed by atoms with Crippen molar-refractivity contribution in [2.75, 3.05) is 18.8 Å². The van der Waals surface area contributed by atoms with Gasteiger partial charge in [-0.2, -0.15) is 11.8 Å². The summed E-state index contributed by atoms with van der Waals surface area (Å²) < 4.78 is 0. The van der Waals surface area contributed by atoms with Crippen molar-refractivity contribution in [1.82, 2.24) is 4.90 Å². The Morgan fingerprint density at radius 3 is 3.12 bits per heavy atom. The summed E-state index contributed by atoms with van der Waals surface area (Å²) in [6.45, 7) is 3.78. The monoisotopic (exact) mass is 255 g/mol. The summed E-state index contributed by atoms with van der Waals surface area (Å²) in [4.78, 5) is 15.1. The van der Waals surface area contributed by atoms with E-state index in [4.69, 9.17) is 0 Å². The molecule has 1 amide bonds. The molecule has 1 aliphatic heterocycles. The van der Waals surface area contributed by atoms with Gasteiger partial charge in [-0.25, -0.2) is 0 Å². The molecule has 2 heterocycles. The molecular weight excluding hydrogens is 238 g/mol. The second-order valence-electron chi connectivity index (χ2n) is 3.90. The number of thioether (sulfide) groups is 1. The summed E-state index contributed by atoms with van der Waals surface area (Å²) in [5.74, 6) is 1.36. The van der Waals surface area contributed by atoms with Gasteiger partial charge >= 0.3 is 0 Å². The van der Waals surface area contributed by atoms with E-state index in [1.165, 1.54) is 4.88 Å². The van der Waals surface area contributed by atoms with E-state index in [-0.39, 0.29) is 0 Å². The Labute approximate surface area is 105 Å². The Morgan fingerprint density at radius 2 is 2.44 bits per heavy atom. The molecule has 0 spiro atoms. The first-order chi connectivity index (χ1) is 7.81. The SMILES string of the molecule is CCC(=O)N1CCSC(c2cccs2)CC1. The number of hydrogen-bond acceptors (Lipinski definition) is 3. The second-order valence-corrected chi connectivity index (χ2v) is 6.19. The van der Waals surface area contributed by atoms with Crippen LogP contribution in [0.25, 0.3) is 0 Å². The van der Waals surface area contributed by atoms with Crippen molar-refractivity contribution in [3.8, 4) is 0 Å². The van der Waals surface area contributed by atoms with Gasteiger partial charge in [0.15, 0.2) is 0 Å². The lowest BCUT2D eigenvalue weighted by atomic mass is 10.2. The molecule has 0 bridgehead atoms. The van der Waals surface area contributed by atoms with Crippen LogP contribution in [0.15, 0.2) is 17.5 Å². The van der Waals surface area contributed by atoms with E-state index in [1.807, 2.05) is 34.9 Å². The van der Waals surface area contributed by atoms with Crippen LogP contribution >= 0.6 is 23.1 Å². The maximum Gasteiger partial charge on any atom is 0.222 e. The van der Waals surface area contributed by atoms with Crippen LogP contribution in [0, 0.1) is 0 Å². The number of carbonyl (C=O) groups is 1.